The third-order valence-corrected chi connectivity index (χ3v) is 4.35. The molecule has 128 valence electrons. The van der Waals surface area contributed by atoms with Crippen LogP contribution in [-0.4, -0.2) is 52.4 Å². The molecule has 0 spiro atoms. The van der Waals surface area contributed by atoms with E-state index in [1.165, 1.54) is 17.8 Å². The standard InChI is InChI=1S/C15H18F2N6S/c1-10-18-4-3-12(19-10)22-5-7-23(8-6-22)13-9-11(14(16)17)20-15(21-13)24-2/h3-4,9,14H,5-8H2,1-2H3. The van der Waals surface area contributed by atoms with Gasteiger partial charge in [0, 0.05) is 38.4 Å². The molecule has 3 rings (SSSR count). The molecule has 2 aromatic rings. The van der Waals surface area contributed by atoms with Gasteiger partial charge in [0.1, 0.15) is 23.2 Å². The Bertz CT molecular complexity index is 706. The van der Waals surface area contributed by atoms with Crippen molar-refractivity contribution in [3.8, 4) is 0 Å². The lowest BCUT2D eigenvalue weighted by molar-refractivity contribution is 0.145. The predicted molar refractivity (Wildman–Crippen MR) is 90.0 cm³/mol. The van der Waals surface area contributed by atoms with Gasteiger partial charge in [0.25, 0.3) is 6.43 Å². The molecule has 2 aromatic heterocycles. The van der Waals surface area contributed by atoms with Gasteiger partial charge in [-0.1, -0.05) is 11.8 Å². The quantitative estimate of drug-likeness (QED) is 0.619. The molecular weight excluding hydrogens is 334 g/mol. The van der Waals surface area contributed by atoms with Gasteiger partial charge in [0.15, 0.2) is 5.16 Å². The minimum Gasteiger partial charge on any atom is -0.353 e. The van der Waals surface area contributed by atoms with Gasteiger partial charge in [-0.3, -0.25) is 0 Å². The zero-order valence-electron chi connectivity index (χ0n) is 13.5. The van der Waals surface area contributed by atoms with E-state index in [0.717, 1.165) is 24.7 Å². The van der Waals surface area contributed by atoms with Crippen LogP contribution in [-0.2, 0) is 0 Å². The molecule has 9 heteroatoms. The molecule has 24 heavy (non-hydrogen) atoms. The SMILES string of the molecule is CSc1nc(C(F)F)cc(N2CCN(c3ccnc(C)n3)CC2)n1. The Morgan fingerprint density at radius 3 is 2.29 bits per heavy atom. The van der Waals surface area contributed by atoms with Crippen molar-refractivity contribution in [1.82, 2.24) is 19.9 Å². The zero-order chi connectivity index (χ0) is 17.1. The first-order chi connectivity index (χ1) is 11.6. The topological polar surface area (TPSA) is 58.0 Å². The second-order valence-corrected chi connectivity index (χ2v) is 6.15. The number of aryl methyl sites for hydroxylation is 1. The average molecular weight is 352 g/mol. The normalized spacial score (nSPS) is 15.2. The maximum Gasteiger partial charge on any atom is 0.280 e. The van der Waals surface area contributed by atoms with Crippen molar-refractivity contribution in [2.75, 3.05) is 42.2 Å². The molecule has 0 radical (unpaired) electrons. The van der Waals surface area contributed by atoms with Gasteiger partial charge in [-0.05, 0) is 19.2 Å². The average Bonchev–Trinajstić information content (AvgIpc) is 2.61. The molecule has 1 aliphatic rings. The van der Waals surface area contributed by atoms with Crippen molar-refractivity contribution >= 4 is 23.4 Å². The minimum absolute atomic E-state index is 0.224. The van der Waals surface area contributed by atoms with E-state index >= 15 is 0 Å². The van der Waals surface area contributed by atoms with Crippen molar-refractivity contribution in [2.45, 2.75) is 18.5 Å². The number of aromatic nitrogens is 4. The van der Waals surface area contributed by atoms with E-state index in [1.807, 2.05) is 17.9 Å². The second-order valence-electron chi connectivity index (χ2n) is 5.37. The van der Waals surface area contributed by atoms with Crippen molar-refractivity contribution in [2.24, 2.45) is 0 Å². The molecule has 0 N–H and O–H groups in total. The van der Waals surface area contributed by atoms with E-state index in [4.69, 9.17) is 0 Å². The van der Waals surface area contributed by atoms with Crippen LogP contribution in [0.4, 0.5) is 20.4 Å². The van der Waals surface area contributed by atoms with Crippen LogP contribution in [0.5, 0.6) is 0 Å². The Kier molecular flexibility index (Phi) is 5.08. The molecule has 0 aromatic carbocycles. The monoisotopic (exact) mass is 352 g/mol. The molecular formula is C15H18F2N6S. The summed E-state index contributed by atoms with van der Waals surface area (Å²) in [6.45, 7) is 4.74. The summed E-state index contributed by atoms with van der Waals surface area (Å²) in [5.74, 6) is 2.18. The molecule has 6 nitrogen and oxygen atoms in total. The number of thioether (sulfide) groups is 1. The number of hydrogen-bond acceptors (Lipinski definition) is 7. The van der Waals surface area contributed by atoms with Crippen molar-refractivity contribution < 1.29 is 8.78 Å². The van der Waals surface area contributed by atoms with Crippen LogP contribution in [0.15, 0.2) is 23.5 Å². The number of rotatable bonds is 4. The summed E-state index contributed by atoms with van der Waals surface area (Å²) in [6, 6.07) is 3.27. The van der Waals surface area contributed by atoms with Crippen molar-refractivity contribution in [3.05, 3.63) is 29.8 Å². The molecule has 0 saturated carbocycles. The molecule has 3 heterocycles. The van der Waals surface area contributed by atoms with Gasteiger partial charge < -0.3 is 9.80 Å². The summed E-state index contributed by atoms with van der Waals surface area (Å²) in [5, 5.41) is 0.372. The summed E-state index contributed by atoms with van der Waals surface area (Å²) < 4.78 is 26.0. The van der Waals surface area contributed by atoms with Crippen molar-refractivity contribution in [3.63, 3.8) is 0 Å². The lowest BCUT2D eigenvalue weighted by atomic mass is 10.3. The highest BCUT2D eigenvalue weighted by atomic mass is 32.2. The van der Waals surface area contributed by atoms with E-state index in [1.54, 1.807) is 12.5 Å². The fourth-order valence-electron chi connectivity index (χ4n) is 2.58. The minimum atomic E-state index is -2.59. The highest BCUT2D eigenvalue weighted by Crippen LogP contribution is 2.25. The molecule has 1 aliphatic heterocycles. The lowest BCUT2D eigenvalue weighted by Crippen LogP contribution is -2.47. The molecule has 1 fully saturated rings. The van der Waals surface area contributed by atoms with Gasteiger partial charge in [-0.15, -0.1) is 0 Å². The van der Waals surface area contributed by atoms with Gasteiger partial charge in [-0.2, -0.15) is 0 Å². The fraction of sp³-hybridized carbons (Fsp3) is 0.467. The first-order valence-electron chi connectivity index (χ1n) is 7.57. The van der Waals surface area contributed by atoms with Crippen LogP contribution >= 0.6 is 11.8 Å². The molecule has 0 amide bonds. The van der Waals surface area contributed by atoms with Crippen LogP contribution in [0.3, 0.4) is 0 Å². The third-order valence-electron chi connectivity index (χ3n) is 3.81. The van der Waals surface area contributed by atoms with Crippen LogP contribution in [0.25, 0.3) is 0 Å². The van der Waals surface area contributed by atoms with Gasteiger partial charge in [-0.25, -0.2) is 28.7 Å². The first-order valence-corrected chi connectivity index (χ1v) is 8.80. The van der Waals surface area contributed by atoms with E-state index in [-0.39, 0.29) is 5.69 Å². The van der Waals surface area contributed by atoms with Crippen molar-refractivity contribution in [1.29, 1.82) is 0 Å². The molecule has 0 atom stereocenters. The van der Waals surface area contributed by atoms with Gasteiger partial charge in [0.05, 0.1) is 0 Å². The summed E-state index contributed by atoms with van der Waals surface area (Å²) in [6.07, 6.45) is 0.931. The lowest BCUT2D eigenvalue weighted by Gasteiger charge is -2.36. The summed E-state index contributed by atoms with van der Waals surface area (Å²) in [4.78, 5) is 20.9. The third kappa shape index (κ3) is 3.72. The Morgan fingerprint density at radius 2 is 1.71 bits per heavy atom. The molecule has 0 bridgehead atoms. The van der Waals surface area contributed by atoms with Crippen LogP contribution in [0.2, 0.25) is 0 Å². The van der Waals surface area contributed by atoms with Crippen LogP contribution in [0.1, 0.15) is 17.9 Å². The summed E-state index contributed by atoms with van der Waals surface area (Å²) in [7, 11) is 0. The van der Waals surface area contributed by atoms with Crippen LogP contribution in [0, 0.1) is 6.92 Å². The van der Waals surface area contributed by atoms with Gasteiger partial charge in [0.2, 0.25) is 0 Å². The number of hydrogen-bond donors (Lipinski definition) is 0. The Morgan fingerprint density at radius 1 is 1.04 bits per heavy atom. The number of alkyl halides is 2. The molecule has 0 unspecified atom stereocenters. The Balaban J connectivity index is 1.73. The largest absolute Gasteiger partial charge is 0.353 e. The Labute approximate surface area is 143 Å². The Hall–Kier alpha value is -2.03. The molecule has 0 aliphatic carbocycles. The van der Waals surface area contributed by atoms with E-state index in [2.05, 4.69) is 24.8 Å². The number of piperazine rings is 1. The van der Waals surface area contributed by atoms with Gasteiger partial charge >= 0.3 is 0 Å². The highest BCUT2D eigenvalue weighted by molar-refractivity contribution is 7.98. The number of anilines is 2. The second kappa shape index (κ2) is 7.25. The first kappa shape index (κ1) is 16.8. The van der Waals surface area contributed by atoms with E-state index in [9.17, 15) is 8.78 Å². The number of nitrogens with zero attached hydrogens (tertiary/aromatic N) is 6. The summed E-state index contributed by atoms with van der Waals surface area (Å²) >= 11 is 1.27. The maximum absolute atomic E-state index is 13.0. The summed E-state index contributed by atoms with van der Waals surface area (Å²) in [5.41, 5.74) is -0.224. The fourth-order valence-corrected chi connectivity index (χ4v) is 2.96. The predicted octanol–water partition coefficient (Wildman–Crippen LogP) is 2.56. The van der Waals surface area contributed by atoms with Crippen LogP contribution < -0.4 is 9.80 Å². The maximum atomic E-state index is 13.0. The van der Waals surface area contributed by atoms with E-state index < -0.39 is 6.43 Å². The smallest absolute Gasteiger partial charge is 0.280 e. The highest BCUT2D eigenvalue weighted by Gasteiger charge is 2.22. The van der Waals surface area contributed by atoms with E-state index in [0.29, 0.717) is 24.1 Å². The number of halogens is 2. The molecule has 1 saturated heterocycles. The zero-order valence-corrected chi connectivity index (χ0v) is 14.3.